The van der Waals surface area contributed by atoms with E-state index in [1.54, 1.807) is 36.4 Å². The Labute approximate surface area is 143 Å². The highest BCUT2D eigenvalue weighted by atomic mass is 16.2. The van der Waals surface area contributed by atoms with Gasteiger partial charge in [-0.05, 0) is 31.2 Å². The van der Waals surface area contributed by atoms with Gasteiger partial charge in [0.05, 0.1) is 16.7 Å². The Morgan fingerprint density at radius 3 is 2.60 bits per heavy atom. The third-order valence-electron chi connectivity index (χ3n) is 3.84. The lowest BCUT2D eigenvalue weighted by Gasteiger charge is -2.09. The maximum absolute atomic E-state index is 12.2. The molecular formula is C19H17N3O3. The van der Waals surface area contributed by atoms with E-state index in [1.165, 1.54) is 6.92 Å². The van der Waals surface area contributed by atoms with Crippen LogP contribution in [0.15, 0.2) is 53.3 Å². The van der Waals surface area contributed by atoms with Crippen LogP contribution in [0.2, 0.25) is 0 Å². The van der Waals surface area contributed by atoms with E-state index >= 15 is 0 Å². The second-order valence-corrected chi connectivity index (χ2v) is 5.68. The molecule has 0 unspecified atom stereocenters. The SMILES string of the molecule is CC(=O)c1ccccc1NC(=O)CCc1nc2ccccc2[nH]c1=O. The van der Waals surface area contributed by atoms with Crippen LogP contribution in [0.25, 0.3) is 11.0 Å². The van der Waals surface area contributed by atoms with E-state index in [4.69, 9.17) is 0 Å². The van der Waals surface area contributed by atoms with Crippen LogP contribution >= 0.6 is 0 Å². The van der Waals surface area contributed by atoms with E-state index < -0.39 is 0 Å². The molecule has 0 saturated carbocycles. The van der Waals surface area contributed by atoms with Crippen molar-refractivity contribution >= 4 is 28.4 Å². The van der Waals surface area contributed by atoms with Crippen LogP contribution in [0, 0.1) is 0 Å². The molecule has 6 nitrogen and oxygen atoms in total. The molecule has 6 heteroatoms. The summed E-state index contributed by atoms with van der Waals surface area (Å²) in [6.07, 6.45) is 0.314. The first-order valence-corrected chi connectivity index (χ1v) is 7.92. The first-order valence-electron chi connectivity index (χ1n) is 7.92. The van der Waals surface area contributed by atoms with Crippen LogP contribution in [0.5, 0.6) is 0 Å². The Hall–Kier alpha value is -3.28. The fraction of sp³-hybridized carbons (Fsp3) is 0.158. The Balaban J connectivity index is 1.72. The summed E-state index contributed by atoms with van der Waals surface area (Å²) >= 11 is 0. The van der Waals surface area contributed by atoms with E-state index in [9.17, 15) is 14.4 Å². The summed E-state index contributed by atoms with van der Waals surface area (Å²) in [6.45, 7) is 1.45. The van der Waals surface area contributed by atoms with Crippen molar-refractivity contribution in [1.29, 1.82) is 0 Å². The molecule has 0 spiro atoms. The third-order valence-corrected chi connectivity index (χ3v) is 3.84. The molecule has 0 saturated heterocycles. The minimum Gasteiger partial charge on any atom is -0.325 e. The van der Waals surface area contributed by atoms with Gasteiger partial charge in [0, 0.05) is 18.4 Å². The van der Waals surface area contributed by atoms with Crippen molar-refractivity contribution in [2.75, 3.05) is 5.32 Å². The van der Waals surface area contributed by atoms with E-state index in [0.29, 0.717) is 28.0 Å². The monoisotopic (exact) mass is 335 g/mol. The van der Waals surface area contributed by atoms with Gasteiger partial charge in [0.25, 0.3) is 5.56 Å². The number of nitrogens with zero attached hydrogens (tertiary/aromatic N) is 1. The standard InChI is InChI=1S/C19H17N3O3/c1-12(23)13-6-2-3-7-14(13)21-18(24)11-10-17-19(25)22-16-9-5-4-8-15(16)20-17/h2-9H,10-11H2,1H3,(H,21,24)(H,22,25). The summed E-state index contributed by atoms with van der Waals surface area (Å²) in [7, 11) is 0. The van der Waals surface area contributed by atoms with Gasteiger partial charge < -0.3 is 10.3 Å². The number of aryl methyl sites for hydroxylation is 1. The average Bonchev–Trinajstić information content (AvgIpc) is 2.60. The average molecular weight is 335 g/mol. The number of aromatic amines is 1. The first-order chi connectivity index (χ1) is 12.0. The fourth-order valence-corrected chi connectivity index (χ4v) is 2.58. The summed E-state index contributed by atoms with van der Waals surface area (Å²) in [5.74, 6) is -0.397. The zero-order valence-corrected chi connectivity index (χ0v) is 13.7. The maximum Gasteiger partial charge on any atom is 0.270 e. The number of hydrogen-bond acceptors (Lipinski definition) is 4. The van der Waals surface area contributed by atoms with Crippen molar-refractivity contribution in [3.8, 4) is 0 Å². The van der Waals surface area contributed by atoms with Gasteiger partial charge in [-0.3, -0.25) is 14.4 Å². The van der Waals surface area contributed by atoms with E-state index in [0.717, 1.165) is 0 Å². The number of anilines is 1. The fourth-order valence-electron chi connectivity index (χ4n) is 2.58. The number of para-hydroxylation sites is 3. The van der Waals surface area contributed by atoms with Crippen molar-refractivity contribution in [3.05, 3.63) is 70.1 Å². The lowest BCUT2D eigenvalue weighted by atomic mass is 10.1. The Kier molecular flexibility index (Phi) is 4.70. The number of nitrogens with one attached hydrogen (secondary N) is 2. The summed E-state index contributed by atoms with van der Waals surface area (Å²) in [6, 6.07) is 14.1. The highest BCUT2D eigenvalue weighted by molar-refractivity contribution is 6.03. The van der Waals surface area contributed by atoms with E-state index in [2.05, 4.69) is 15.3 Å². The van der Waals surface area contributed by atoms with Gasteiger partial charge in [0.1, 0.15) is 5.69 Å². The number of rotatable bonds is 5. The first kappa shape index (κ1) is 16.6. The number of ketones is 1. The lowest BCUT2D eigenvalue weighted by molar-refractivity contribution is -0.116. The summed E-state index contributed by atoms with van der Waals surface area (Å²) in [4.78, 5) is 42.9. The molecule has 1 amide bonds. The van der Waals surface area contributed by atoms with Crippen LogP contribution in [-0.4, -0.2) is 21.7 Å². The summed E-state index contributed by atoms with van der Waals surface area (Å²) < 4.78 is 0. The molecule has 0 radical (unpaired) electrons. The van der Waals surface area contributed by atoms with Crippen LogP contribution in [0.3, 0.4) is 0 Å². The van der Waals surface area contributed by atoms with Crippen molar-refractivity contribution in [2.45, 2.75) is 19.8 Å². The maximum atomic E-state index is 12.2. The number of carbonyl (C=O) groups is 2. The summed E-state index contributed by atoms with van der Waals surface area (Å²) in [5, 5.41) is 2.72. The molecule has 0 atom stereocenters. The zero-order chi connectivity index (χ0) is 17.8. The lowest BCUT2D eigenvalue weighted by Crippen LogP contribution is -2.19. The number of carbonyl (C=O) groups excluding carboxylic acids is 2. The molecular weight excluding hydrogens is 318 g/mol. The summed E-state index contributed by atoms with van der Waals surface area (Å²) in [5.41, 5.74) is 2.29. The Bertz CT molecular complexity index is 1010. The molecule has 126 valence electrons. The van der Waals surface area contributed by atoms with E-state index in [-0.39, 0.29) is 30.1 Å². The van der Waals surface area contributed by atoms with Gasteiger partial charge >= 0.3 is 0 Å². The number of H-pyrrole nitrogens is 1. The Morgan fingerprint density at radius 2 is 1.80 bits per heavy atom. The quantitative estimate of drug-likeness (QED) is 0.701. The Morgan fingerprint density at radius 1 is 1.08 bits per heavy atom. The second-order valence-electron chi connectivity index (χ2n) is 5.68. The molecule has 2 N–H and O–H groups in total. The van der Waals surface area contributed by atoms with Crippen LogP contribution in [-0.2, 0) is 11.2 Å². The molecule has 1 heterocycles. The minimum absolute atomic E-state index is 0.0979. The van der Waals surface area contributed by atoms with Crippen LogP contribution < -0.4 is 10.9 Å². The van der Waals surface area contributed by atoms with Gasteiger partial charge in [-0.25, -0.2) is 4.98 Å². The van der Waals surface area contributed by atoms with E-state index in [1.807, 2.05) is 12.1 Å². The molecule has 0 aliphatic heterocycles. The molecule has 2 aromatic carbocycles. The topological polar surface area (TPSA) is 91.9 Å². The predicted octanol–water partition coefficient (Wildman–Crippen LogP) is 2.70. The number of aromatic nitrogens is 2. The van der Waals surface area contributed by atoms with Crippen molar-refractivity contribution < 1.29 is 9.59 Å². The molecule has 0 fully saturated rings. The highest BCUT2D eigenvalue weighted by Gasteiger charge is 2.11. The molecule has 0 bridgehead atoms. The van der Waals surface area contributed by atoms with Gasteiger partial charge in [-0.15, -0.1) is 0 Å². The molecule has 25 heavy (non-hydrogen) atoms. The highest BCUT2D eigenvalue weighted by Crippen LogP contribution is 2.16. The minimum atomic E-state index is -0.296. The normalized spacial score (nSPS) is 10.6. The predicted molar refractivity (Wildman–Crippen MR) is 95.8 cm³/mol. The van der Waals surface area contributed by atoms with Gasteiger partial charge in [-0.2, -0.15) is 0 Å². The molecule has 0 aliphatic carbocycles. The van der Waals surface area contributed by atoms with Gasteiger partial charge in [-0.1, -0.05) is 24.3 Å². The van der Waals surface area contributed by atoms with Gasteiger partial charge in [0.2, 0.25) is 5.91 Å². The second kappa shape index (κ2) is 7.09. The third kappa shape index (κ3) is 3.80. The largest absolute Gasteiger partial charge is 0.325 e. The molecule has 1 aromatic heterocycles. The zero-order valence-electron chi connectivity index (χ0n) is 13.7. The van der Waals surface area contributed by atoms with Gasteiger partial charge in [0.15, 0.2) is 5.78 Å². The van der Waals surface area contributed by atoms with Crippen molar-refractivity contribution in [3.63, 3.8) is 0 Å². The number of hydrogen-bond donors (Lipinski definition) is 2. The number of benzene rings is 2. The smallest absolute Gasteiger partial charge is 0.270 e. The molecule has 3 aromatic rings. The number of amides is 1. The van der Waals surface area contributed by atoms with Crippen LogP contribution in [0.1, 0.15) is 29.4 Å². The number of Topliss-reactive ketones (excluding diaryl/α,β-unsaturated/α-hetero) is 1. The van der Waals surface area contributed by atoms with Crippen molar-refractivity contribution in [2.24, 2.45) is 0 Å². The number of fused-ring (bicyclic) bond motifs is 1. The van der Waals surface area contributed by atoms with Crippen LogP contribution in [0.4, 0.5) is 5.69 Å². The van der Waals surface area contributed by atoms with Crippen molar-refractivity contribution in [1.82, 2.24) is 9.97 Å². The molecule has 0 aliphatic rings. The molecule has 3 rings (SSSR count).